The molecule has 0 aromatic carbocycles. The Kier molecular flexibility index (Phi) is 3.39. The minimum atomic E-state index is -0.735. The highest BCUT2D eigenvalue weighted by Crippen LogP contribution is 2.27. The lowest BCUT2D eigenvalue weighted by Gasteiger charge is -2.24. The number of nitrogens with zero attached hydrogens (tertiary/aromatic N) is 1. The van der Waals surface area contributed by atoms with Crippen LogP contribution in [0.5, 0.6) is 0 Å². The molecule has 86 valence electrons. The molecule has 0 spiro atoms. The minimum Gasteiger partial charge on any atom is -0.481 e. The molecule has 2 atom stereocenters. The Hall–Kier alpha value is -1.58. The van der Waals surface area contributed by atoms with Crippen LogP contribution in [0.3, 0.4) is 0 Å². The van der Waals surface area contributed by atoms with Gasteiger partial charge in [0.25, 0.3) is 0 Å². The third-order valence-electron chi connectivity index (χ3n) is 2.98. The van der Waals surface area contributed by atoms with Crippen molar-refractivity contribution in [1.29, 1.82) is 0 Å². The molecular weight excluding hydrogens is 206 g/mol. The van der Waals surface area contributed by atoms with Crippen LogP contribution in [0.15, 0.2) is 27.8 Å². The fourth-order valence-corrected chi connectivity index (χ4v) is 2.11. The van der Waals surface area contributed by atoms with E-state index in [9.17, 15) is 4.79 Å². The van der Waals surface area contributed by atoms with E-state index < -0.39 is 5.97 Å². The molecule has 0 saturated heterocycles. The average Bonchev–Trinajstić information content (AvgIpc) is 2.79. The Labute approximate surface area is 94.0 Å². The highest BCUT2D eigenvalue weighted by Gasteiger charge is 2.29. The van der Waals surface area contributed by atoms with E-state index in [1.54, 1.807) is 18.5 Å². The first kappa shape index (κ1) is 10.9. The van der Waals surface area contributed by atoms with Gasteiger partial charge < -0.3 is 9.52 Å². The lowest BCUT2D eigenvalue weighted by molar-refractivity contribution is -0.143. The van der Waals surface area contributed by atoms with Crippen molar-refractivity contribution >= 4 is 12.2 Å². The Bertz CT molecular complexity index is 370. The molecule has 0 amide bonds. The van der Waals surface area contributed by atoms with Crippen molar-refractivity contribution < 1.29 is 14.3 Å². The Morgan fingerprint density at radius 3 is 3.00 bits per heavy atom. The van der Waals surface area contributed by atoms with Gasteiger partial charge in [0.15, 0.2) is 0 Å². The predicted octanol–water partition coefficient (Wildman–Crippen LogP) is 2.34. The van der Waals surface area contributed by atoms with Crippen LogP contribution in [-0.2, 0) is 4.79 Å². The van der Waals surface area contributed by atoms with Gasteiger partial charge in [-0.3, -0.25) is 9.79 Å². The van der Waals surface area contributed by atoms with Gasteiger partial charge in [0.2, 0.25) is 0 Å². The summed E-state index contributed by atoms with van der Waals surface area (Å²) in [6.07, 6.45) is 6.85. The number of carboxylic acids is 1. The van der Waals surface area contributed by atoms with E-state index in [1.165, 1.54) is 0 Å². The summed E-state index contributed by atoms with van der Waals surface area (Å²) < 4.78 is 5.12. The third kappa shape index (κ3) is 2.51. The summed E-state index contributed by atoms with van der Waals surface area (Å²) in [5.41, 5.74) is 0. The van der Waals surface area contributed by atoms with Crippen molar-refractivity contribution in [2.45, 2.75) is 31.7 Å². The van der Waals surface area contributed by atoms with Crippen LogP contribution in [0.25, 0.3) is 0 Å². The minimum absolute atomic E-state index is 0.101. The van der Waals surface area contributed by atoms with Crippen molar-refractivity contribution in [2.24, 2.45) is 10.9 Å². The van der Waals surface area contributed by atoms with Crippen molar-refractivity contribution in [3.05, 3.63) is 24.2 Å². The number of hydrogen-bond acceptors (Lipinski definition) is 3. The van der Waals surface area contributed by atoms with E-state index in [2.05, 4.69) is 4.99 Å². The summed E-state index contributed by atoms with van der Waals surface area (Å²) >= 11 is 0. The summed E-state index contributed by atoms with van der Waals surface area (Å²) in [5.74, 6) is -0.393. The molecule has 1 fully saturated rings. The fourth-order valence-electron chi connectivity index (χ4n) is 2.11. The van der Waals surface area contributed by atoms with Gasteiger partial charge in [0.05, 0.1) is 24.4 Å². The Morgan fingerprint density at radius 1 is 1.50 bits per heavy atom. The molecule has 4 nitrogen and oxygen atoms in total. The molecule has 1 aliphatic rings. The second kappa shape index (κ2) is 4.96. The monoisotopic (exact) mass is 221 g/mol. The zero-order valence-corrected chi connectivity index (χ0v) is 9.00. The van der Waals surface area contributed by atoms with Gasteiger partial charge in [0.1, 0.15) is 5.76 Å². The van der Waals surface area contributed by atoms with E-state index >= 15 is 0 Å². The van der Waals surface area contributed by atoms with Gasteiger partial charge in [0, 0.05) is 0 Å². The third-order valence-corrected chi connectivity index (χ3v) is 2.98. The summed E-state index contributed by atoms with van der Waals surface area (Å²) in [6.45, 7) is 0. The normalized spacial score (nSPS) is 26.0. The van der Waals surface area contributed by atoms with Gasteiger partial charge in [-0.25, -0.2) is 0 Å². The highest BCUT2D eigenvalue weighted by atomic mass is 16.4. The van der Waals surface area contributed by atoms with Gasteiger partial charge in [-0.05, 0) is 25.0 Å². The number of rotatable bonds is 3. The molecule has 1 aromatic heterocycles. The fraction of sp³-hybridized carbons (Fsp3) is 0.500. The number of carboxylic acid groups (broad SMARTS) is 1. The van der Waals surface area contributed by atoms with Crippen LogP contribution < -0.4 is 0 Å². The SMILES string of the molecule is O=C(O)C1CCCCC1N=Cc1ccco1. The number of aliphatic carboxylic acids is 1. The topological polar surface area (TPSA) is 62.8 Å². The first-order valence-electron chi connectivity index (χ1n) is 5.57. The molecule has 1 aromatic rings. The van der Waals surface area contributed by atoms with E-state index in [-0.39, 0.29) is 12.0 Å². The number of carbonyl (C=O) groups is 1. The molecule has 2 unspecified atom stereocenters. The molecule has 0 bridgehead atoms. The van der Waals surface area contributed by atoms with Crippen molar-refractivity contribution in [3.63, 3.8) is 0 Å². The van der Waals surface area contributed by atoms with Crippen LogP contribution in [0.1, 0.15) is 31.4 Å². The summed E-state index contributed by atoms with van der Waals surface area (Å²) in [7, 11) is 0. The number of aliphatic imine (C=N–C) groups is 1. The molecule has 1 saturated carbocycles. The van der Waals surface area contributed by atoms with Crippen LogP contribution in [0, 0.1) is 5.92 Å². The molecule has 1 heterocycles. The smallest absolute Gasteiger partial charge is 0.308 e. The summed E-state index contributed by atoms with van der Waals surface area (Å²) in [4.78, 5) is 15.4. The van der Waals surface area contributed by atoms with Gasteiger partial charge in [-0.2, -0.15) is 0 Å². The van der Waals surface area contributed by atoms with Crippen molar-refractivity contribution in [2.75, 3.05) is 0 Å². The number of furan rings is 1. The van der Waals surface area contributed by atoms with Crippen LogP contribution >= 0.6 is 0 Å². The van der Waals surface area contributed by atoms with E-state index in [1.807, 2.05) is 6.07 Å². The van der Waals surface area contributed by atoms with Crippen LogP contribution in [0.2, 0.25) is 0 Å². The molecule has 1 aliphatic carbocycles. The van der Waals surface area contributed by atoms with E-state index in [0.717, 1.165) is 25.7 Å². The van der Waals surface area contributed by atoms with E-state index in [4.69, 9.17) is 9.52 Å². The Morgan fingerprint density at radius 2 is 2.31 bits per heavy atom. The molecule has 16 heavy (non-hydrogen) atoms. The molecular formula is C12H15NO3. The highest BCUT2D eigenvalue weighted by molar-refractivity contribution is 5.77. The second-order valence-electron chi connectivity index (χ2n) is 4.09. The summed E-state index contributed by atoms with van der Waals surface area (Å²) in [5, 5.41) is 9.07. The van der Waals surface area contributed by atoms with Crippen molar-refractivity contribution in [1.82, 2.24) is 0 Å². The van der Waals surface area contributed by atoms with Gasteiger partial charge >= 0.3 is 5.97 Å². The van der Waals surface area contributed by atoms with E-state index in [0.29, 0.717) is 5.76 Å². The molecule has 0 radical (unpaired) electrons. The lowest BCUT2D eigenvalue weighted by atomic mass is 9.85. The quantitative estimate of drug-likeness (QED) is 0.797. The first-order valence-corrected chi connectivity index (χ1v) is 5.57. The molecule has 4 heteroatoms. The first-order chi connectivity index (χ1) is 7.77. The van der Waals surface area contributed by atoms with Gasteiger partial charge in [-0.15, -0.1) is 0 Å². The maximum atomic E-state index is 11.0. The average molecular weight is 221 g/mol. The maximum Gasteiger partial charge on any atom is 0.308 e. The zero-order chi connectivity index (χ0) is 11.4. The molecule has 0 aliphatic heterocycles. The van der Waals surface area contributed by atoms with Crippen LogP contribution in [0.4, 0.5) is 0 Å². The second-order valence-corrected chi connectivity index (χ2v) is 4.09. The summed E-state index contributed by atoms with van der Waals surface area (Å²) in [6, 6.07) is 3.50. The predicted molar refractivity (Wildman–Crippen MR) is 59.7 cm³/mol. The number of hydrogen-bond donors (Lipinski definition) is 1. The molecule has 2 rings (SSSR count). The van der Waals surface area contributed by atoms with Gasteiger partial charge in [-0.1, -0.05) is 12.8 Å². The van der Waals surface area contributed by atoms with Crippen LogP contribution in [-0.4, -0.2) is 23.3 Å². The molecule has 1 N–H and O–H groups in total. The maximum absolute atomic E-state index is 11.0. The largest absolute Gasteiger partial charge is 0.481 e. The standard InChI is InChI=1S/C12H15NO3/c14-12(15)10-5-1-2-6-11(10)13-8-9-4-3-7-16-9/h3-4,7-8,10-11H,1-2,5-6H2,(H,14,15). The lowest BCUT2D eigenvalue weighted by Crippen LogP contribution is -2.30. The van der Waals surface area contributed by atoms with Crippen molar-refractivity contribution in [3.8, 4) is 0 Å². The Balaban J connectivity index is 2.04. The zero-order valence-electron chi connectivity index (χ0n) is 9.00.